The molecule has 0 aromatic rings. The summed E-state index contributed by atoms with van der Waals surface area (Å²) in [4.78, 5) is 19.8. The zero-order chi connectivity index (χ0) is 7.28. The topological polar surface area (TPSA) is 81.4 Å². The van der Waals surface area contributed by atoms with Gasteiger partial charge in [-0.3, -0.25) is 5.43 Å². The van der Waals surface area contributed by atoms with Crippen LogP contribution < -0.4 is 11.3 Å². The zero-order valence-corrected chi connectivity index (χ0v) is 4.80. The molecular weight excluding hydrogens is 124 g/mol. The summed E-state index contributed by atoms with van der Waals surface area (Å²) < 4.78 is 4.17. The lowest BCUT2D eigenvalue weighted by molar-refractivity contribution is 0.177. The summed E-state index contributed by atoms with van der Waals surface area (Å²) in [7, 11) is 0. The van der Waals surface area contributed by atoms with Crippen molar-refractivity contribution in [3.8, 4) is 0 Å². The first-order valence-electron chi connectivity index (χ1n) is 2.11. The van der Waals surface area contributed by atoms with Gasteiger partial charge >= 0.3 is 6.09 Å². The van der Waals surface area contributed by atoms with Crippen molar-refractivity contribution >= 4 is 12.0 Å². The third-order valence-electron chi connectivity index (χ3n) is 0.507. The predicted molar refractivity (Wildman–Crippen MR) is 28.7 cm³/mol. The minimum Gasteiger partial charge on any atom is -0.402 e. The van der Waals surface area contributed by atoms with Crippen LogP contribution >= 0.6 is 0 Å². The smallest absolute Gasteiger partial charge is 0.402 e. The zero-order valence-electron chi connectivity index (χ0n) is 4.80. The van der Waals surface area contributed by atoms with Crippen molar-refractivity contribution in [3.63, 3.8) is 0 Å². The predicted octanol–water partition coefficient (Wildman–Crippen LogP) is -0.678. The average molecular weight is 130 g/mol. The van der Waals surface area contributed by atoms with Gasteiger partial charge in [0.15, 0.2) is 11.7 Å². The maximum atomic E-state index is 10.1. The molecule has 0 bridgehead atoms. The number of nitrogens with two attached hydrogens (primary N) is 1. The number of hydrogen-bond acceptors (Lipinski definition) is 4. The average Bonchev–Trinajstić information content (AvgIpc) is 1.87. The quantitative estimate of drug-likeness (QED) is 0.162. The van der Waals surface area contributed by atoms with Crippen LogP contribution in [0.5, 0.6) is 0 Å². The first-order chi connectivity index (χ1) is 4.20. The van der Waals surface area contributed by atoms with E-state index in [1.165, 1.54) is 12.9 Å². The molecule has 0 aliphatic rings. The van der Waals surface area contributed by atoms with Gasteiger partial charge < -0.3 is 4.74 Å². The highest BCUT2D eigenvalue weighted by Crippen LogP contribution is 1.86. The van der Waals surface area contributed by atoms with E-state index in [2.05, 4.69) is 10.6 Å². The second-order valence-corrected chi connectivity index (χ2v) is 1.19. The Bertz CT molecular complexity index is 159. The normalized spacial score (nSPS) is 7.33. The molecule has 0 unspecified atom stereocenters. The van der Waals surface area contributed by atoms with Gasteiger partial charge in [-0.05, 0) is 0 Å². The van der Waals surface area contributed by atoms with Gasteiger partial charge in [0.1, 0.15) is 0 Å². The van der Waals surface area contributed by atoms with Gasteiger partial charge in [-0.15, -0.1) is 0 Å². The van der Waals surface area contributed by atoms with Gasteiger partial charge in [0.05, 0.1) is 0 Å². The summed E-state index contributed by atoms with van der Waals surface area (Å²) in [5.74, 6) is 5.81. The van der Waals surface area contributed by atoms with E-state index in [1.807, 2.05) is 0 Å². The van der Waals surface area contributed by atoms with Crippen molar-refractivity contribution in [1.29, 1.82) is 0 Å². The monoisotopic (exact) mass is 130 g/mol. The highest BCUT2D eigenvalue weighted by Gasteiger charge is 1.97. The molecule has 5 nitrogen and oxygen atoms in total. The Balaban J connectivity index is 3.74. The molecule has 0 saturated heterocycles. The van der Waals surface area contributed by atoms with E-state index < -0.39 is 6.09 Å². The molecule has 0 aliphatic carbocycles. The van der Waals surface area contributed by atoms with Gasteiger partial charge in [-0.2, -0.15) is 0 Å². The largest absolute Gasteiger partial charge is 0.427 e. The lowest BCUT2D eigenvalue weighted by atomic mass is 10.6. The van der Waals surface area contributed by atoms with Crippen LogP contribution in [-0.2, 0) is 9.53 Å². The molecule has 0 radical (unpaired) electrons. The molecule has 0 aromatic carbocycles. The SMILES string of the molecule is CC(=C=O)OC(=O)NN. The number of allylic oxidation sites excluding steroid dienone is 1. The van der Waals surface area contributed by atoms with Crippen molar-refractivity contribution in [2.24, 2.45) is 5.84 Å². The highest BCUT2D eigenvalue weighted by atomic mass is 16.6. The van der Waals surface area contributed by atoms with Crippen molar-refractivity contribution in [2.75, 3.05) is 0 Å². The molecule has 3 N–H and O–H groups in total. The van der Waals surface area contributed by atoms with E-state index in [9.17, 15) is 9.59 Å². The summed E-state index contributed by atoms with van der Waals surface area (Å²) in [6.07, 6.45) is -0.879. The number of ether oxygens (including phenoxy) is 1. The summed E-state index contributed by atoms with van der Waals surface area (Å²) in [5.41, 5.74) is 1.67. The van der Waals surface area contributed by atoms with Gasteiger partial charge in [-0.1, -0.05) is 0 Å². The van der Waals surface area contributed by atoms with Crippen LogP contribution in [0.15, 0.2) is 5.76 Å². The van der Waals surface area contributed by atoms with Gasteiger partial charge in [0.25, 0.3) is 0 Å². The van der Waals surface area contributed by atoms with Crippen LogP contribution in [0.1, 0.15) is 6.92 Å². The molecule has 0 aliphatic heterocycles. The molecule has 9 heavy (non-hydrogen) atoms. The van der Waals surface area contributed by atoms with Crippen LogP contribution in [0.2, 0.25) is 0 Å². The molecule has 0 rings (SSSR count). The number of rotatable bonds is 1. The Labute approximate surface area is 51.4 Å². The molecule has 0 spiro atoms. The Morgan fingerprint density at radius 2 is 2.33 bits per heavy atom. The Morgan fingerprint density at radius 3 is 2.67 bits per heavy atom. The third kappa shape index (κ3) is 3.28. The second kappa shape index (κ2) is 3.65. The molecule has 5 heteroatoms. The number of amides is 1. The summed E-state index contributed by atoms with van der Waals surface area (Å²) in [6.45, 7) is 1.29. The lowest BCUT2D eigenvalue weighted by Crippen LogP contribution is -2.30. The number of carbonyl (C=O) groups is 1. The number of nitrogens with one attached hydrogen (secondary N) is 1. The number of carbonyl (C=O) groups excluding carboxylic acids is 2. The number of hydrazine groups is 1. The maximum Gasteiger partial charge on any atom is 0.427 e. The minimum absolute atomic E-state index is 0.155. The van der Waals surface area contributed by atoms with Crippen LogP contribution in [0.25, 0.3) is 0 Å². The van der Waals surface area contributed by atoms with Crippen LogP contribution in [0.3, 0.4) is 0 Å². The highest BCUT2D eigenvalue weighted by molar-refractivity contribution is 5.69. The van der Waals surface area contributed by atoms with E-state index >= 15 is 0 Å². The molecule has 0 heterocycles. The molecule has 0 fully saturated rings. The van der Waals surface area contributed by atoms with Crippen molar-refractivity contribution in [2.45, 2.75) is 6.92 Å². The maximum absolute atomic E-state index is 10.1. The summed E-state index contributed by atoms with van der Waals surface area (Å²) in [5, 5.41) is 0. The second-order valence-electron chi connectivity index (χ2n) is 1.19. The first kappa shape index (κ1) is 7.68. The molecule has 50 valence electrons. The van der Waals surface area contributed by atoms with Crippen LogP contribution in [0, 0.1) is 0 Å². The van der Waals surface area contributed by atoms with Gasteiger partial charge in [-0.25, -0.2) is 15.4 Å². The lowest BCUT2D eigenvalue weighted by Gasteiger charge is -1.96. The van der Waals surface area contributed by atoms with E-state index in [0.29, 0.717) is 0 Å². The van der Waals surface area contributed by atoms with Crippen molar-refractivity contribution in [1.82, 2.24) is 5.43 Å². The van der Waals surface area contributed by atoms with Crippen LogP contribution in [0.4, 0.5) is 4.79 Å². The fourth-order valence-electron chi connectivity index (χ4n) is 0.189. The van der Waals surface area contributed by atoms with E-state index in [4.69, 9.17) is 0 Å². The molecular formula is C4H6N2O3. The van der Waals surface area contributed by atoms with Crippen LogP contribution in [-0.4, -0.2) is 12.0 Å². The fraction of sp³-hybridized carbons (Fsp3) is 0.250. The van der Waals surface area contributed by atoms with Crippen molar-refractivity contribution < 1.29 is 14.3 Å². The molecule has 0 saturated carbocycles. The number of hydrogen-bond donors (Lipinski definition) is 2. The molecule has 1 amide bonds. The Kier molecular flexibility index (Phi) is 3.12. The Hall–Kier alpha value is -1.32. The molecule has 0 atom stereocenters. The summed E-state index contributed by atoms with van der Waals surface area (Å²) >= 11 is 0. The van der Waals surface area contributed by atoms with E-state index in [-0.39, 0.29) is 5.76 Å². The third-order valence-corrected chi connectivity index (χ3v) is 0.507. The van der Waals surface area contributed by atoms with E-state index in [0.717, 1.165) is 0 Å². The first-order valence-corrected chi connectivity index (χ1v) is 2.11. The Morgan fingerprint density at radius 1 is 1.78 bits per heavy atom. The van der Waals surface area contributed by atoms with Gasteiger partial charge in [0.2, 0.25) is 0 Å². The van der Waals surface area contributed by atoms with E-state index in [1.54, 1.807) is 5.43 Å². The summed E-state index contributed by atoms with van der Waals surface area (Å²) in [6, 6.07) is 0. The van der Waals surface area contributed by atoms with Gasteiger partial charge in [0, 0.05) is 6.92 Å². The molecule has 0 aromatic heterocycles. The van der Waals surface area contributed by atoms with Crippen molar-refractivity contribution in [3.05, 3.63) is 5.76 Å². The standard InChI is InChI=1S/C4H6N2O3/c1-3(2-7)9-4(8)6-5/h5H2,1H3,(H,6,8). The minimum atomic E-state index is -0.879. The fourth-order valence-corrected chi connectivity index (χ4v) is 0.189.